The van der Waals surface area contributed by atoms with E-state index in [0.29, 0.717) is 18.2 Å². The van der Waals surface area contributed by atoms with Gasteiger partial charge >= 0.3 is 0 Å². The van der Waals surface area contributed by atoms with Gasteiger partial charge in [-0.25, -0.2) is 4.98 Å². The third kappa shape index (κ3) is 4.06. The van der Waals surface area contributed by atoms with E-state index in [2.05, 4.69) is 32.0 Å². The number of carbonyl (C=O) groups is 1. The second kappa shape index (κ2) is 8.63. The zero-order chi connectivity index (χ0) is 22.1. The van der Waals surface area contributed by atoms with Crippen LogP contribution in [0.25, 0.3) is 10.2 Å². The molecule has 1 aliphatic heterocycles. The Bertz CT molecular complexity index is 1270. The van der Waals surface area contributed by atoms with Crippen LogP contribution >= 0.6 is 11.3 Å². The van der Waals surface area contributed by atoms with E-state index in [0.717, 1.165) is 32.2 Å². The Morgan fingerprint density at radius 2 is 1.81 bits per heavy atom. The summed E-state index contributed by atoms with van der Waals surface area (Å²) in [6, 6.07) is 22.0. The molecule has 0 unspecified atom stereocenters. The first-order chi connectivity index (χ1) is 15.6. The van der Waals surface area contributed by atoms with Crippen molar-refractivity contribution in [3.05, 3.63) is 83.4 Å². The highest BCUT2D eigenvalue weighted by atomic mass is 32.1. The zero-order valence-electron chi connectivity index (χ0n) is 18.1. The first kappa shape index (κ1) is 20.5. The van der Waals surface area contributed by atoms with Crippen LogP contribution in [0.3, 0.4) is 0 Å². The monoisotopic (exact) mass is 444 g/mol. The van der Waals surface area contributed by atoms with Gasteiger partial charge in [0.15, 0.2) is 16.6 Å². The molecule has 0 saturated heterocycles. The number of thiazole rings is 1. The highest BCUT2D eigenvalue weighted by molar-refractivity contribution is 7.22. The van der Waals surface area contributed by atoms with Crippen LogP contribution < -0.4 is 14.4 Å². The van der Waals surface area contributed by atoms with Crippen LogP contribution in [0, 0.1) is 0 Å². The fourth-order valence-electron chi connectivity index (χ4n) is 3.89. The molecule has 0 aliphatic carbocycles. The van der Waals surface area contributed by atoms with E-state index >= 15 is 0 Å². The number of anilines is 1. The molecule has 0 radical (unpaired) electrons. The van der Waals surface area contributed by atoms with Gasteiger partial charge in [0.2, 0.25) is 12.7 Å². The molecule has 0 saturated carbocycles. The Kier molecular flexibility index (Phi) is 5.53. The number of hydrogen-bond acceptors (Lipinski definition) is 5. The van der Waals surface area contributed by atoms with Crippen molar-refractivity contribution in [2.24, 2.45) is 0 Å². The largest absolute Gasteiger partial charge is 0.454 e. The van der Waals surface area contributed by atoms with Crippen LogP contribution in [0.15, 0.2) is 66.7 Å². The zero-order valence-corrected chi connectivity index (χ0v) is 18.9. The molecule has 3 aromatic carbocycles. The Hall–Kier alpha value is -3.38. The van der Waals surface area contributed by atoms with Crippen molar-refractivity contribution in [3.63, 3.8) is 0 Å². The second-order valence-electron chi connectivity index (χ2n) is 8.17. The lowest BCUT2D eigenvalue weighted by Gasteiger charge is -2.20. The summed E-state index contributed by atoms with van der Waals surface area (Å²) in [5.41, 5.74) is 4.14. The maximum atomic E-state index is 13.5. The number of hydrogen-bond donors (Lipinski definition) is 0. The molecule has 0 spiro atoms. The molecule has 4 aromatic rings. The Labute approximate surface area is 191 Å². The van der Waals surface area contributed by atoms with Crippen molar-refractivity contribution in [2.45, 2.75) is 32.7 Å². The van der Waals surface area contributed by atoms with E-state index in [9.17, 15) is 4.79 Å². The van der Waals surface area contributed by atoms with Crippen LogP contribution in [-0.4, -0.2) is 17.7 Å². The Morgan fingerprint density at radius 3 is 2.62 bits per heavy atom. The molecule has 1 aliphatic rings. The number of rotatable bonds is 6. The summed E-state index contributed by atoms with van der Waals surface area (Å²) in [4.78, 5) is 20.3. The summed E-state index contributed by atoms with van der Waals surface area (Å²) in [6.45, 7) is 5.03. The molecule has 2 heterocycles. The Morgan fingerprint density at radius 1 is 1.00 bits per heavy atom. The van der Waals surface area contributed by atoms with Crippen LogP contribution in [-0.2, 0) is 17.8 Å². The molecule has 162 valence electrons. The molecule has 32 heavy (non-hydrogen) atoms. The topological polar surface area (TPSA) is 51.7 Å². The third-order valence-corrected chi connectivity index (χ3v) is 6.61. The molecular formula is C26H24N2O3S. The van der Waals surface area contributed by atoms with Crippen molar-refractivity contribution in [1.29, 1.82) is 0 Å². The second-order valence-corrected chi connectivity index (χ2v) is 9.18. The van der Waals surface area contributed by atoms with E-state index in [4.69, 9.17) is 14.5 Å². The lowest BCUT2D eigenvalue weighted by molar-refractivity contribution is -0.118. The minimum absolute atomic E-state index is 0.00197. The van der Waals surface area contributed by atoms with Crippen LogP contribution in [0.1, 0.15) is 36.5 Å². The summed E-state index contributed by atoms with van der Waals surface area (Å²) in [5.74, 6) is 1.76. The number of aromatic nitrogens is 1. The standard InChI is InChI=1S/C26H24N2O3S/c1-17(2)20-9-6-10-23-25(20)27-26(32-23)28(15-18-7-4-3-5-8-18)24(29)14-19-11-12-21-22(13-19)31-16-30-21/h3-13,17H,14-16H2,1-2H3. The summed E-state index contributed by atoms with van der Waals surface area (Å²) in [7, 11) is 0. The fraction of sp³-hybridized carbons (Fsp3) is 0.231. The lowest BCUT2D eigenvalue weighted by atomic mass is 10.0. The third-order valence-electron chi connectivity index (χ3n) is 5.57. The van der Waals surface area contributed by atoms with Crippen molar-refractivity contribution in [1.82, 2.24) is 4.98 Å². The smallest absolute Gasteiger partial charge is 0.233 e. The number of fused-ring (bicyclic) bond motifs is 2. The molecule has 5 nitrogen and oxygen atoms in total. The maximum absolute atomic E-state index is 13.5. The van der Waals surface area contributed by atoms with E-state index in [1.54, 1.807) is 16.2 Å². The van der Waals surface area contributed by atoms with Gasteiger partial charge in [-0.2, -0.15) is 0 Å². The highest BCUT2D eigenvalue weighted by Crippen LogP contribution is 2.35. The normalized spacial score (nSPS) is 12.5. The molecule has 5 rings (SSSR count). The number of carbonyl (C=O) groups excluding carboxylic acids is 1. The Balaban J connectivity index is 1.50. The number of para-hydroxylation sites is 1. The molecule has 0 atom stereocenters. The van der Waals surface area contributed by atoms with Crippen LogP contribution in [0.4, 0.5) is 5.13 Å². The summed E-state index contributed by atoms with van der Waals surface area (Å²) in [6.07, 6.45) is 0.260. The quantitative estimate of drug-likeness (QED) is 0.370. The molecule has 0 fully saturated rings. The van der Waals surface area contributed by atoms with Gasteiger partial charge in [-0.1, -0.05) is 73.7 Å². The number of amides is 1. The van der Waals surface area contributed by atoms with E-state index in [-0.39, 0.29) is 19.1 Å². The van der Waals surface area contributed by atoms with Gasteiger partial charge < -0.3 is 9.47 Å². The molecule has 0 N–H and O–H groups in total. The predicted octanol–water partition coefficient (Wildman–Crippen LogP) is 5.92. The van der Waals surface area contributed by atoms with Gasteiger partial charge in [-0.3, -0.25) is 9.69 Å². The molecule has 1 amide bonds. The van der Waals surface area contributed by atoms with Gasteiger partial charge in [0.1, 0.15) is 0 Å². The summed E-state index contributed by atoms with van der Waals surface area (Å²) >= 11 is 1.56. The van der Waals surface area contributed by atoms with E-state index in [1.807, 2.05) is 48.5 Å². The maximum Gasteiger partial charge on any atom is 0.233 e. The first-order valence-electron chi connectivity index (χ1n) is 10.7. The molecule has 6 heteroatoms. The predicted molar refractivity (Wildman–Crippen MR) is 128 cm³/mol. The number of benzene rings is 3. The van der Waals surface area contributed by atoms with Crippen LogP contribution in [0.5, 0.6) is 11.5 Å². The molecular weight excluding hydrogens is 420 g/mol. The summed E-state index contributed by atoms with van der Waals surface area (Å²) < 4.78 is 12.0. The van der Waals surface area contributed by atoms with Gasteiger partial charge in [0, 0.05) is 0 Å². The molecule has 0 bridgehead atoms. The number of ether oxygens (including phenoxy) is 2. The van der Waals surface area contributed by atoms with Crippen molar-refractivity contribution in [3.8, 4) is 11.5 Å². The van der Waals surface area contributed by atoms with Crippen LogP contribution in [0.2, 0.25) is 0 Å². The number of nitrogens with zero attached hydrogens (tertiary/aromatic N) is 2. The van der Waals surface area contributed by atoms with Gasteiger partial charge in [0.25, 0.3) is 0 Å². The average molecular weight is 445 g/mol. The van der Waals surface area contributed by atoms with Gasteiger partial charge in [-0.05, 0) is 40.8 Å². The minimum atomic E-state index is -0.00197. The van der Waals surface area contributed by atoms with Crippen molar-refractivity contribution in [2.75, 3.05) is 11.7 Å². The minimum Gasteiger partial charge on any atom is -0.454 e. The van der Waals surface area contributed by atoms with Crippen molar-refractivity contribution >= 4 is 32.6 Å². The first-order valence-corrected chi connectivity index (χ1v) is 11.5. The van der Waals surface area contributed by atoms with E-state index in [1.165, 1.54) is 5.56 Å². The van der Waals surface area contributed by atoms with Gasteiger partial charge in [-0.15, -0.1) is 0 Å². The average Bonchev–Trinajstić information content (AvgIpc) is 3.44. The highest BCUT2D eigenvalue weighted by Gasteiger charge is 2.23. The van der Waals surface area contributed by atoms with Gasteiger partial charge in [0.05, 0.1) is 23.2 Å². The van der Waals surface area contributed by atoms with E-state index < -0.39 is 0 Å². The summed E-state index contributed by atoms with van der Waals surface area (Å²) in [5, 5.41) is 0.725. The fourth-order valence-corrected chi connectivity index (χ4v) is 4.91. The SMILES string of the molecule is CC(C)c1cccc2sc(N(Cc3ccccc3)C(=O)Cc3ccc4c(c3)OCO4)nc12. The lowest BCUT2D eigenvalue weighted by Crippen LogP contribution is -2.31. The van der Waals surface area contributed by atoms with Crippen molar-refractivity contribution < 1.29 is 14.3 Å². The molecule has 1 aromatic heterocycles.